The zero-order chi connectivity index (χ0) is 7.56. The minimum atomic E-state index is 0.410. The minimum Gasteiger partial charge on any atom is -0.145 e. The van der Waals surface area contributed by atoms with Crippen molar-refractivity contribution in [1.82, 2.24) is 0 Å². The maximum absolute atomic E-state index is 10.1. The van der Waals surface area contributed by atoms with E-state index in [1.807, 2.05) is 0 Å². The van der Waals surface area contributed by atoms with E-state index in [2.05, 4.69) is 5.18 Å². The van der Waals surface area contributed by atoms with Crippen LogP contribution in [-0.4, -0.2) is 0 Å². The molecule has 0 fully saturated rings. The van der Waals surface area contributed by atoms with Crippen molar-refractivity contribution in [3.63, 3.8) is 0 Å². The van der Waals surface area contributed by atoms with Crippen molar-refractivity contribution >= 4 is 17.3 Å². The maximum Gasteiger partial charge on any atom is 0.112 e. The van der Waals surface area contributed by atoms with E-state index in [1.54, 1.807) is 25.1 Å². The van der Waals surface area contributed by atoms with Crippen LogP contribution < -0.4 is 0 Å². The van der Waals surface area contributed by atoms with Crippen molar-refractivity contribution in [1.29, 1.82) is 0 Å². The predicted molar refractivity (Wildman–Crippen MR) is 41.6 cm³/mol. The zero-order valence-electron chi connectivity index (χ0n) is 5.47. The maximum atomic E-state index is 10.1. The van der Waals surface area contributed by atoms with Crippen LogP contribution >= 0.6 is 11.6 Å². The van der Waals surface area contributed by atoms with E-state index in [0.29, 0.717) is 10.7 Å². The second kappa shape index (κ2) is 2.80. The van der Waals surface area contributed by atoms with E-state index in [1.165, 1.54) is 0 Å². The van der Waals surface area contributed by atoms with Gasteiger partial charge in [0.15, 0.2) is 0 Å². The summed E-state index contributed by atoms with van der Waals surface area (Å²) in [6.07, 6.45) is 0. The summed E-state index contributed by atoms with van der Waals surface area (Å²) in [5.74, 6) is 0. The van der Waals surface area contributed by atoms with E-state index in [4.69, 9.17) is 11.6 Å². The lowest BCUT2D eigenvalue weighted by atomic mass is 10.2. The topological polar surface area (TPSA) is 29.4 Å². The SMILES string of the molecule is Cc1c(Cl)cccc1N=O. The lowest BCUT2D eigenvalue weighted by Crippen LogP contribution is -1.73. The molecule has 1 aromatic carbocycles. The Kier molecular flexibility index (Phi) is 2.02. The average molecular weight is 156 g/mol. The Morgan fingerprint density at radius 2 is 2.20 bits per heavy atom. The molecule has 1 aromatic rings. The number of hydrogen-bond acceptors (Lipinski definition) is 2. The van der Waals surface area contributed by atoms with E-state index in [-0.39, 0.29) is 0 Å². The molecular weight excluding hydrogens is 150 g/mol. The first-order valence-electron chi connectivity index (χ1n) is 2.84. The van der Waals surface area contributed by atoms with Crippen molar-refractivity contribution in [3.8, 4) is 0 Å². The minimum absolute atomic E-state index is 0.410. The first-order chi connectivity index (χ1) is 4.75. The fraction of sp³-hybridized carbons (Fsp3) is 0.143. The molecule has 0 amide bonds. The number of halogens is 1. The molecule has 10 heavy (non-hydrogen) atoms. The van der Waals surface area contributed by atoms with Gasteiger partial charge in [-0.1, -0.05) is 17.7 Å². The predicted octanol–water partition coefficient (Wildman–Crippen LogP) is 3.05. The van der Waals surface area contributed by atoms with E-state index in [9.17, 15) is 4.91 Å². The number of nitroso groups, excluding NO2 is 1. The molecule has 0 aliphatic heterocycles. The number of nitrogens with zero attached hydrogens (tertiary/aromatic N) is 1. The third-order valence-electron chi connectivity index (χ3n) is 1.34. The highest BCUT2D eigenvalue weighted by Gasteiger charge is 1.99. The lowest BCUT2D eigenvalue weighted by Gasteiger charge is -1.96. The summed E-state index contributed by atoms with van der Waals surface area (Å²) in [6.45, 7) is 1.76. The molecule has 2 nitrogen and oxygen atoms in total. The van der Waals surface area contributed by atoms with Crippen LogP contribution in [0.4, 0.5) is 5.69 Å². The normalized spacial score (nSPS) is 9.40. The fourth-order valence-electron chi connectivity index (χ4n) is 0.695. The molecule has 0 aliphatic rings. The highest BCUT2D eigenvalue weighted by Crippen LogP contribution is 2.24. The molecule has 0 spiro atoms. The third-order valence-corrected chi connectivity index (χ3v) is 1.75. The third kappa shape index (κ3) is 1.16. The molecule has 0 radical (unpaired) electrons. The van der Waals surface area contributed by atoms with Gasteiger partial charge in [-0.3, -0.25) is 0 Å². The quantitative estimate of drug-likeness (QED) is 0.573. The average Bonchev–Trinajstić information content (AvgIpc) is 1.95. The summed E-state index contributed by atoms with van der Waals surface area (Å²) in [5, 5.41) is 3.38. The van der Waals surface area contributed by atoms with Crippen molar-refractivity contribution in [2.24, 2.45) is 5.18 Å². The van der Waals surface area contributed by atoms with Gasteiger partial charge in [-0.05, 0) is 29.8 Å². The Balaban J connectivity index is 3.27. The second-order valence-electron chi connectivity index (χ2n) is 1.98. The van der Waals surface area contributed by atoms with Crippen LogP contribution in [0.25, 0.3) is 0 Å². The summed E-state index contributed by atoms with van der Waals surface area (Å²) in [4.78, 5) is 10.1. The highest BCUT2D eigenvalue weighted by atomic mass is 35.5. The summed E-state index contributed by atoms with van der Waals surface area (Å²) < 4.78 is 0. The molecule has 0 bridgehead atoms. The Hall–Kier alpha value is -0.890. The lowest BCUT2D eigenvalue weighted by molar-refractivity contribution is 1.39. The number of benzene rings is 1. The monoisotopic (exact) mass is 155 g/mol. The van der Waals surface area contributed by atoms with Crippen molar-refractivity contribution in [3.05, 3.63) is 33.7 Å². The van der Waals surface area contributed by atoms with Gasteiger partial charge < -0.3 is 0 Å². The first kappa shape index (κ1) is 7.22. The molecule has 0 aliphatic carbocycles. The Bertz CT molecular complexity index is 260. The molecule has 3 heteroatoms. The number of rotatable bonds is 1. The molecule has 0 aromatic heterocycles. The van der Waals surface area contributed by atoms with Crippen LogP contribution in [0.15, 0.2) is 23.4 Å². The molecule has 0 saturated heterocycles. The molecule has 1 rings (SSSR count). The van der Waals surface area contributed by atoms with Gasteiger partial charge in [-0.25, -0.2) is 0 Å². The molecule has 0 heterocycles. The number of hydrogen-bond donors (Lipinski definition) is 0. The summed E-state index contributed by atoms with van der Waals surface area (Å²) in [6, 6.07) is 5.06. The van der Waals surface area contributed by atoms with Crippen LogP contribution in [0.5, 0.6) is 0 Å². The van der Waals surface area contributed by atoms with Crippen molar-refractivity contribution < 1.29 is 0 Å². The molecule has 0 N–H and O–H groups in total. The summed E-state index contributed by atoms with van der Waals surface area (Å²) >= 11 is 5.69. The van der Waals surface area contributed by atoms with Crippen molar-refractivity contribution in [2.75, 3.05) is 0 Å². The van der Waals surface area contributed by atoms with Gasteiger partial charge in [0.05, 0.1) is 0 Å². The molecular formula is C7H6ClNO. The van der Waals surface area contributed by atoms with Gasteiger partial charge in [0, 0.05) is 5.02 Å². The van der Waals surface area contributed by atoms with Crippen molar-refractivity contribution in [2.45, 2.75) is 6.92 Å². The van der Waals surface area contributed by atoms with Crippen LogP contribution in [-0.2, 0) is 0 Å². The van der Waals surface area contributed by atoms with E-state index in [0.717, 1.165) is 5.56 Å². The van der Waals surface area contributed by atoms with Crippen LogP contribution in [0.3, 0.4) is 0 Å². The van der Waals surface area contributed by atoms with E-state index < -0.39 is 0 Å². The second-order valence-corrected chi connectivity index (χ2v) is 2.38. The highest BCUT2D eigenvalue weighted by molar-refractivity contribution is 6.31. The van der Waals surface area contributed by atoms with Crippen LogP contribution in [0.2, 0.25) is 5.02 Å². The van der Waals surface area contributed by atoms with Gasteiger partial charge in [0.25, 0.3) is 0 Å². The standard InChI is InChI=1S/C7H6ClNO/c1-5-6(8)3-2-4-7(5)9-10/h2-4H,1H3. The van der Waals surface area contributed by atoms with Gasteiger partial charge in [-0.2, -0.15) is 0 Å². The molecule has 0 saturated carbocycles. The van der Waals surface area contributed by atoms with Crippen LogP contribution in [0, 0.1) is 11.8 Å². The Labute approximate surface area is 63.8 Å². The molecule has 52 valence electrons. The first-order valence-corrected chi connectivity index (χ1v) is 3.22. The van der Waals surface area contributed by atoms with Gasteiger partial charge in [0.2, 0.25) is 0 Å². The largest absolute Gasteiger partial charge is 0.145 e. The smallest absolute Gasteiger partial charge is 0.112 e. The zero-order valence-corrected chi connectivity index (χ0v) is 6.22. The summed E-state index contributed by atoms with van der Waals surface area (Å²) in [7, 11) is 0. The summed E-state index contributed by atoms with van der Waals surface area (Å²) in [5.41, 5.74) is 1.15. The van der Waals surface area contributed by atoms with Gasteiger partial charge >= 0.3 is 0 Å². The van der Waals surface area contributed by atoms with Crippen LogP contribution in [0.1, 0.15) is 5.56 Å². The molecule has 0 atom stereocenters. The fourth-order valence-corrected chi connectivity index (χ4v) is 0.865. The van der Waals surface area contributed by atoms with Gasteiger partial charge in [0.1, 0.15) is 5.69 Å². The Morgan fingerprint density at radius 3 is 2.70 bits per heavy atom. The molecule has 0 unspecified atom stereocenters. The van der Waals surface area contributed by atoms with Gasteiger partial charge in [-0.15, -0.1) is 4.91 Å². The van der Waals surface area contributed by atoms with E-state index >= 15 is 0 Å². The Morgan fingerprint density at radius 1 is 1.50 bits per heavy atom.